The van der Waals surface area contributed by atoms with Gasteiger partial charge in [-0.25, -0.2) is 4.68 Å². The van der Waals surface area contributed by atoms with Crippen molar-refractivity contribution in [2.24, 2.45) is 0 Å². The highest BCUT2D eigenvalue weighted by molar-refractivity contribution is 8.02. The molecule has 25 heavy (non-hydrogen) atoms. The van der Waals surface area contributed by atoms with Crippen molar-refractivity contribution in [2.45, 2.75) is 5.16 Å². The summed E-state index contributed by atoms with van der Waals surface area (Å²) in [7, 11) is 3.24. The van der Waals surface area contributed by atoms with Crippen LogP contribution in [0, 0.1) is 0 Å². The zero-order valence-corrected chi connectivity index (χ0v) is 14.4. The zero-order chi connectivity index (χ0) is 17.2. The van der Waals surface area contributed by atoms with Crippen molar-refractivity contribution in [2.75, 3.05) is 19.6 Å². The molecule has 3 aromatic rings. The summed E-state index contributed by atoms with van der Waals surface area (Å²) >= 11 is 1.50. The van der Waals surface area contributed by atoms with Gasteiger partial charge in [-0.05, 0) is 30.3 Å². The molecule has 0 saturated carbocycles. The van der Waals surface area contributed by atoms with Gasteiger partial charge < -0.3 is 9.47 Å². The molecule has 1 aromatic carbocycles. The number of thioether (sulfide) groups is 1. The summed E-state index contributed by atoms with van der Waals surface area (Å²) in [6, 6.07) is 9.60. The molecule has 0 fully saturated rings. The predicted molar refractivity (Wildman–Crippen MR) is 96.0 cm³/mol. The van der Waals surface area contributed by atoms with Gasteiger partial charge in [0.05, 0.1) is 19.9 Å². The van der Waals surface area contributed by atoms with Crippen LogP contribution in [0.25, 0.3) is 17.1 Å². The Morgan fingerprint density at radius 1 is 1.04 bits per heavy atom. The van der Waals surface area contributed by atoms with E-state index in [1.54, 1.807) is 26.6 Å². The number of pyridine rings is 1. The minimum absolute atomic E-state index is 0.676. The van der Waals surface area contributed by atoms with E-state index in [1.165, 1.54) is 11.8 Å². The Morgan fingerprint density at radius 2 is 1.92 bits per heavy atom. The molecule has 0 unspecified atom stereocenters. The Kier molecular flexibility index (Phi) is 4.02. The van der Waals surface area contributed by atoms with Gasteiger partial charge in [-0.15, -0.1) is 10.2 Å². The fourth-order valence-electron chi connectivity index (χ4n) is 2.52. The highest BCUT2D eigenvalue weighted by atomic mass is 32.2. The molecular weight excluding hydrogens is 338 g/mol. The zero-order valence-electron chi connectivity index (χ0n) is 13.6. The van der Waals surface area contributed by atoms with Crippen LogP contribution in [0.15, 0.2) is 53.3 Å². The number of hydrogen-bond acceptors (Lipinski definition) is 7. The van der Waals surface area contributed by atoms with Gasteiger partial charge in [0.2, 0.25) is 5.16 Å². The number of benzene rings is 1. The van der Waals surface area contributed by atoms with Gasteiger partial charge in [-0.2, -0.15) is 0 Å². The van der Waals surface area contributed by atoms with Crippen LogP contribution in [0.3, 0.4) is 0 Å². The van der Waals surface area contributed by atoms with Gasteiger partial charge in [0.25, 0.3) is 0 Å². The summed E-state index contributed by atoms with van der Waals surface area (Å²) in [5, 5.41) is 11.3. The number of fused-ring (bicyclic) bond motifs is 1. The van der Waals surface area contributed by atoms with E-state index in [0.717, 1.165) is 22.0 Å². The molecule has 0 atom stereocenters. The van der Waals surface area contributed by atoms with Crippen molar-refractivity contribution >= 4 is 17.5 Å². The van der Waals surface area contributed by atoms with Gasteiger partial charge >= 0.3 is 0 Å². The molecule has 2 aromatic heterocycles. The largest absolute Gasteiger partial charge is 0.493 e. The van der Waals surface area contributed by atoms with Crippen molar-refractivity contribution in [1.29, 1.82) is 0 Å². The molecule has 4 rings (SSSR count). The highest BCUT2D eigenvalue weighted by Gasteiger charge is 2.20. The van der Waals surface area contributed by atoms with Crippen LogP contribution in [0.1, 0.15) is 5.56 Å². The van der Waals surface area contributed by atoms with E-state index >= 15 is 0 Å². The molecule has 1 N–H and O–H groups in total. The fraction of sp³-hybridized carbons (Fsp3) is 0.118. The summed E-state index contributed by atoms with van der Waals surface area (Å²) in [5.41, 5.74) is 6.14. The van der Waals surface area contributed by atoms with E-state index in [1.807, 2.05) is 40.4 Å². The van der Waals surface area contributed by atoms with E-state index in [9.17, 15) is 0 Å². The van der Waals surface area contributed by atoms with Crippen molar-refractivity contribution < 1.29 is 9.47 Å². The molecule has 0 amide bonds. The molecular formula is C17H15N5O2S. The first-order valence-electron chi connectivity index (χ1n) is 7.52. The SMILES string of the molecule is COc1ccc(C2=CSc3nnc(-c4cccnc4)n3N2)cc1OC. The monoisotopic (exact) mass is 353 g/mol. The van der Waals surface area contributed by atoms with Gasteiger partial charge in [-0.1, -0.05) is 11.8 Å². The van der Waals surface area contributed by atoms with E-state index in [0.29, 0.717) is 17.3 Å². The Hall–Kier alpha value is -3.00. The predicted octanol–water partition coefficient (Wildman–Crippen LogP) is 3.01. The maximum atomic E-state index is 5.39. The maximum absolute atomic E-state index is 5.39. The third-order valence-corrected chi connectivity index (χ3v) is 4.59. The van der Waals surface area contributed by atoms with Gasteiger partial charge in [0.1, 0.15) is 0 Å². The molecule has 0 spiro atoms. The van der Waals surface area contributed by atoms with Crippen LogP contribution < -0.4 is 14.9 Å². The summed E-state index contributed by atoms with van der Waals surface area (Å²) in [5.74, 6) is 2.08. The third-order valence-electron chi connectivity index (χ3n) is 3.76. The second-order valence-electron chi connectivity index (χ2n) is 5.21. The normalized spacial score (nSPS) is 12.8. The van der Waals surface area contributed by atoms with Gasteiger partial charge in [-0.3, -0.25) is 10.4 Å². The van der Waals surface area contributed by atoms with Crippen LogP contribution in [0.5, 0.6) is 11.5 Å². The average molecular weight is 353 g/mol. The van der Waals surface area contributed by atoms with Gasteiger partial charge in [0, 0.05) is 28.9 Å². The van der Waals surface area contributed by atoms with E-state index in [2.05, 4.69) is 20.6 Å². The molecule has 0 aliphatic carbocycles. The molecule has 1 aliphatic rings. The smallest absolute Gasteiger partial charge is 0.214 e. The second-order valence-corrected chi connectivity index (χ2v) is 6.05. The van der Waals surface area contributed by atoms with E-state index in [4.69, 9.17) is 9.47 Å². The number of aromatic nitrogens is 4. The quantitative estimate of drug-likeness (QED) is 0.773. The number of nitrogens with one attached hydrogen (secondary N) is 1. The second kappa shape index (κ2) is 6.48. The Labute approximate surface area is 148 Å². The summed E-state index contributed by atoms with van der Waals surface area (Å²) in [6.45, 7) is 0. The Bertz CT molecular complexity index is 939. The minimum Gasteiger partial charge on any atom is -0.493 e. The third kappa shape index (κ3) is 2.80. The summed E-state index contributed by atoms with van der Waals surface area (Å²) in [4.78, 5) is 4.15. The number of ether oxygens (including phenoxy) is 2. The lowest BCUT2D eigenvalue weighted by atomic mass is 10.1. The molecule has 0 saturated heterocycles. The first-order chi connectivity index (χ1) is 12.3. The van der Waals surface area contributed by atoms with Gasteiger partial charge in [0.15, 0.2) is 17.3 Å². The standard InChI is InChI=1S/C17H15N5O2S/c1-23-14-6-5-11(8-15(14)24-2)13-10-25-17-20-19-16(22(17)21-13)12-4-3-7-18-9-12/h3-10,21H,1-2H3. The lowest BCUT2D eigenvalue weighted by Crippen LogP contribution is -2.18. The Balaban J connectivity index is 1.69. The average Bonchev–Trinajstić information content (AvgIpc) is 3.11. The molecule has 7 nitrogen and oxygen atoms in total. The van der Waals surface area contributed by atoms with Crippen molar-refractivity contribution in [3.8, 4) is 22.9 Å². The highest BCUT2D eigenvalue weighted by Crippen LogP contribution is 2.34. The lowest BCUT2D eigenvalue weighted by Gasteiger charge is -2.19. The minimum atomic E-state index is 0.676. The molecule has 3 heterocycles. The fourth-order valence-corrected chi connectivity index (χ4v) is 3.26. The summed E-state index contributed by atoms with van der Waals surface area (Å²) in [6.07, 6.45) is 3.49. The Morgan fingerprint density at radius 3 is 2.68 bits per heavy atom. The van der Waals surface area contributed by atoms with Crippen molar-refractivity contribution in [1.82, 2.24) is 19.9 Å². The topological polar surface area (TPSA) is 74.1 Å². The van der Waals surface area contributed by atoms with Crippen molar-refractivity contribution in [3.63, 3.8) is 0 Å². The number of rotatable bonds is 4. The van der Waals surface area contributed by atoms with Crippen molar-refractivity contribution in [3.05, 3.63) is 53.7 Å². The van der Waals surface area contributed by atoms with Crippen LogP contribution in [0.4, 0.5) is 0 Å². The molecule has 0 radical (unpaired) electrons. The molecule has 1 aliphatic heterocycles. The number of nitrogens with zero attached hydrogens (tertiary/aromatic N) is 4. The van der Waals surface area contributed by atoms with Crippen LogP contribution in [0.2, 0.25) is 0 Å². The molecule has 0 bridgehead atoms. The van der Waals surface area contributed by atoms with Crippen LogP contribution in [-0.2, 0) is 0 Å². The van der Waals surface area contributed by atoms with E-state index in [-0.39, 0.29) is 0 Å². The number of hydrogen-bond donors (Lipinski definition) is 1. The molecule has 8 heteroatoms. The number of methoxy groups -OCH3 is 2. The van der Waals surface area contributed by atoms with Crippen LogP contribution in [-0.4, -0.2) is 34.1 Å². The van der Waals surface area contributed by atoms with Crippen LogP contribution >= 0.6 is 11.8 Å². The lowest BCUT2D eigenvalue weighted by molar-refractivity contribution is 0.355. The first kappa shape index (κ1) is 15.5. The maximum Gasteiger partial charge on any atom is 0.214 e. The first-order valence-corrected chi connectivity index (χ1v) is 8.40. The van der Waals surface area contributed by atoms with E-state index < -0.39 is 0 Å². The molecule has 126 valence electrons. The summed E-state index contributed by atoms with van der Waals surface area (Å²) < 4.78 is 12.5.